The summed E-state index contributed by atoms with van der Waals surface area (Å²) in [4.78, 5) is 2.70. The zero-order valence-electron chi connectivity index (χ0n) is 30.6. The molecule has 0 radical (unpaired) electrons. The monoisotopic (exact) mass is 685 g/mol. The van der Waals surface area contributed by atoms with Crippen LogP contribution in [0.25, 0.3) is 33.4 Å². The lowest BCUT2D eigenvalue weighted by Gasteiger charge is -2.61. The normalized spacial score (nSPS) is 26.3. The van der Waals surface area contributed by atoms with Gasteiger partial charge >= 0.3 is 0 Å². The molecular weight excluding hydrogens is 639 g/mol. The molecular formula is C52H47N. The molecule has 1 nitrogen and oxygen atoms in total. The second kappa shape index (κ2) is 11.3. The van der Waals surface area contributed by atoms with Gasteiger partial charge in [0.25, 0.3) is 0 Å². The van der Waals surface area contributed by atoms with Gasteiger partial charge in [0.15, 0.2) is 0 Å². The molecule has 53 heavy (non-hydrogen) atoms. The highest BCUT2D eigenvalue weighted by Crippen LogP contribution is 2.71. The van der Waals surface area contributed by atoms with Crippen LogP contribution in [0.4, 0.5) is 17.1 Å². The first kappa shape index (κ1) is 30.6. The van der Waals surface area contributed by atoms with Crippen molar-refractivity contribution in [1.82, 2.24) is 0 Å². The second-order valence-electron chi connectivity index (χ2n) is 17.6. The average molecular weight is 686 g/mol. The number of hydrogen-bond acceptors (Lipinski definition) is 1. The van der Waals surface area contributed by atoms with Gasteiger partial charge in [0.1, 0.15) is 0 Å². The molecule has 13 rings (SSSR count). The van der Waals surface area contributed by atoms with Gasteiger partial charge < -0.3 is 4.90 Å². The van der Waals surface area contributed by atoms with Gasteiger partial charge in [0.05, 0.1) is 11.4 Å². The zero-order valence-corrected chi connectivity index (χ0v) is 30.6. The van der Waals surface area contributed by atoms with E-state index in [1.54, 1.807) is 22.3 Å². The maximum Gasteiger partial charge on any atom is 0.0540 e. The number of nitrogens with zero attached hydrogens (tertiary/aromatic N) is 1. The van der Waals surface area contributed by atoms with E-state index >= 15 is 0 Å². The highest BCUT2D eigenvalue weighted by Gasteiger charge is 2.62. The molecule has 1 heteroatoms. The molecule has 0 aliphatic heterocycles. The molecule has 0 heterocycles. The lowest BCUT2D eigenvalue weighted by atomic mass is 9.43. The Kier molecular flexibility index (Phi) is 6.53. The molecule has 0 saturated heterocycles. The Morgan fingerprint density at radius 2 is 1.02 bits per heavy atom. The van der Waals surface area contributed by atoms with Crippen LogP contribution in [-0.2, 0) is 10.8 Å². The van der Waals surface area contributed by atoms with E-state index in [0.29, 0.717) is 11.8 Å². The van der Waals surface area contributed by atoms with E-state index < -0.39 is 0 Å². The summed E-state index contributed by atoms with van der Waals surface area (Å²) in [6.45, 7) is 0. The molecule has 5 saturated carbocycles. The Morgan fingerprint density at radius 1 is 0.434 bits per heavy atom. The van der Waals surface area contributed by atoms with Crippen LogP contribution in [0.2, 0.25) is 0 Å². The van der Waals surface area contributed by atoms with Gasteiger partial charge in [-0.25, -0.2) is 0 Å². The van der Waals surface area contributed by atoms with Crippen molar-refractivity contribution in [3.05, 3.63) is 162 Å². The molecule has 6 aromatic carbocycles. The van der Waals surface area contributed by atoms with Gasteiger partial charge in [-0.15, -0.1) is 0 Å². The summed E-state index contributed by atoms with van der Waals surface area (Å²) in [5.41, 5.74) is 18.9. The minimum absolute atomic E-state index is 0.0609. The van der Waals surface area contributed by atoms with Gasteiger partial charge in [0, 0.05) is 22.1 Å². The number of fused-ring (bicyclic) bond motifs is 8. The van der Waals surface area contributed by atoms with E-state index in [1.807, 2.05) is 0 Å². The lowest BCUT2D eigenvalue weighted by molar-refractivity contribution is -0.0397. The molecule has 0 aromatic heterocycles. The molecule has 5 fully saturated rings. The average Bonchev–Trinajstić information content (AvgIpc) is 3.65. The summed E-state index contributed by atoms with van der Waals surface area (Å²) in [7, 11) is 0. The number of hydrogen-bond donors (Lipinski definition) is 0. The predicted molar refractivity (Wildman–Crippen MR) is 219 cm³/mol. The summed E-state index contributed by atoms with van der Waals surface area (Å²) >= 11 is 0. The first-order valence-electron chi connectivity index (χ1n) is 20.7. The van der Waals surface area contributed by atoms with Crippen molar-refractivity contribution in [3.63, 3.8) is 0 Å². The highest BCUT2D eigenvalue weighted by molar-refractivity contribution is 5.96. The van der Waals surface area contributed by atoms with Crippen molar-refractivity contribution in [1.29, 1.82) is 0 Å². The molecule has 0 N–H and O–H groups in total. The smallest absolute Gasteiger partial charge is 0.0540 e. The Morgan fingerprint density at radius 3 is 1.77 bits per heavy atom. The number of rotatable bonds is 4. The Labute approximate surface area is 314 Å². The van der Waals surface area contributed by atoms with Crippen LogP contribution in [0, 0.1) is 23.7 Å². The molecule has 0 amide bonds. The fraction of sp³-hybridized carbons (Fsp3) is 0.308. The molecule has 6 aromatic rings. The minimum atomic E-state index is 0.0609. The fourth-order valence-corrected chi connectivity index (χ4v) is 13.6. The number of anilines is 3. The zero-order chi connectivity index (χ0) is 34.7. The van der Waals surface area contributed by atoms with E-state index in [2.05, 4.69) is 144 Å². The van der Waals surface area contributed by atoms with E-state index in [9.17, 15) is 0 Å². The fourth-order valence-electron chi connectivity index (χ4n) is 13.6. The molecule has 4 bridgehead atoms. The van der Waals surface area contributed by atoms with E-state index in [-0.39, 0.29) is 10.8 Å². The van der Waals surface area contributed by atoms with Crippen LogP contribution in [0.5, 0.6) is 0 Å². The third-order valence-electron chi connectivity index (χ3n) is 15.2. The molecule has 7 aliphatic carbocycles. The van der Waals surface area contributed by atoms with Gasteiger partial charge in [-0.3, -0.25) is 0 Å². The maximum atomic E-state index is 2.70. The molecule has 2 spiro atoms. The van der Waals surface area contributed by atoms with Crippen molar-refractivity contribution >= 4 is 17.1 Å². The predicted octanol–water partition coefficient (Wildman–Crippen LogP) is 13.8. The third kappa shape index (κ3) is 4.09. The first-order valence-corrected chi connectivity index (χ1v) is 20.7. The van der Waals surface area contributed by atoms with Crippen molar-refractivity contribution in [2.24, 2.45) is 23.7 Å². The van der Waals surface area contributed by atoms with Gasteiger partial charge in [-0.1, -0.05) is 135 Å². The topological polar surface area (TPSA) is 3.24 Å². The van der Waals surface area contributed by atoms with E-state index in [0.717, 1.165) is 11.8 Å². The van der Waals surface area contributed by atoms with E-state index in [4.69, 9.17) is 0 Å². The van der Waals surface area contributed by atoms with Crippen molar-refractivity contribution in [2.45, 2.75) is 75.0 Å². The second-order valence-corrected chi connectivity index (χ2v) is 17.6. The summed E-state index contributed by atoms with van der Waals surface area (Å²) in [5, 5.41) is 0. The largest absolute Gasteiger partial charge is 0.310 e. The van der Waals surface area contributed by atoms with Crippen LogP contribution in [-0.4, -0.2) is 0 Å². The van der Waals surface area contributed by atoms with Gasteiger partial charge in [0.2, 0.25) is 0 Å². The summed E-state index contributed by atoms with van der Waals surface area (Å²) in [6, 6.07) is 54.2. The van der Waals surface area contributed by atoms with Crippen LogP contribution < -0.4 is 4.90 Å². The van der Waals surface area contributed by atoms with Crippen LogP contribution in [0.1, 0.15) is 86.5 Å². The number of para-hydroxylation sites is 1. The van der Waals surface area contributed by atoms with E-state index in [1.165, 1.54) is 115 Å². The Balaban J connectivity index is 1.14. The van der Waals surface area contributed by atoms with Crippen LogP contribution >= 0.6 is 0 Å². The summed E-state index contributed by atoms with van der Waals surface area (Å²) < 4.78 is 0. The van der Waals surface area contributed by atoms with Crippen molar-refractivity contribution < 1.29 is 0 Å². The lowest BCUT2D eigenvalue weighted by Crippen LogP contribution is -2.55. The Hall–Kier alpha value is -4.88. The molecule has 260 valence electrons. The van der Waals surface area contributed by atoms with Gasteiger partial charge in [-0.2, -0.15) is 0 Å². The van der Waals surface area contributed by atoms with Gasteiger partial charge in [-0.05, 0) is 143 Å². The Bertz CT molecular complexity index is 2380. The maximum absolute atomic E-state index is 2.70. The van der Waals surface area contributed by atoms with Crippen molar-refractivity contribution in [3.8, 4) is 33.4 Å². The summed E-state index contributed by atoms with van der Waals surface area (Å²) in [6.07, 6.45) is 13.5. The number of benzene rings is 6. The first-order chi connectivity index (χ1) is 26.2. The molecule has 0 atom stereocenters. The minimum Gasteiger partial charge on any atom is -0.310 e. The SMILES string of the molecule is c1ccc(-c2ccccc2N(c2ccc3c(c2)-c2ccccc2C32CCCCC2)c2cccc3c2C2(c4ccccc4-3)C3CC4CC(C3)CC2C4)cc1. The quantitative estimate of drug-likeness (QED) is 0.179. The van der Waals surface area contributed by atoms with Crippen molar-refractivity contribution in [2.75, 3.05) is 4.90 Å². The molecule has 0 unspecified atom stereocenters. The summed E-state index contributed by atoms with van der Waals surface area (Å²) in [5.74, 6) is 3.22. The van der Waals surface area contributed by atoms with Crippen LogP contribution in [0.3, 0.4) is 0 Å². The van der Waals surface area contributed by atoms with Crippen LogP contribution in [0.15, 0.2) is 140 Å². The molecule has 7 aliphatic rings. The third-order valence-corrected chi connectivity index (χ3v) is 15.2. The standard InChI is InChI=1S/C52H47N/c1-3-14-36(15-4-1)40-16-7-10-22-48(40)53(39-24-25-46-44(33-39)42-18-5-8-20-45(42)51(46)26-11-2-12-27-51)49-23-13-19-43-41-17-6-9-21-47(41)52(50(43)49)37-29-34-28-35(31-37)32-38(52)30-34/h1,3-10,13-25,33-35,37-38H,2,11-12,26-32H2. The highest BCUT2D eigenvalue weighted by atomic mass is 15.2.